The van der Waals surface area contributed by atoms with Crippen molar-refractivity contribution < 1.29 is 33.7 Å². The lowest BCUT2D eigenvalue weighted by Crippen LogP contribution is -2.55. The molecule has 0 fully saturated rings. The summed E-state index contributed by atoms with van der Waals surface area (Å²) in [4.78, 5) is 36.5. The fourth-order valence-electron chi connectivity index (χ4n) is 2.20. The zero-order valence-corrected chi connectivity index (χ0v) is 19.1. The molecule has 1 aromatic carbocycles. The van der Waals surface area contributed by atoms with E-state index in [1.165, 1.54) is 0 Å². The molecule has 0 aromatic heterocycles. The van der Waals surface area contributed by atoms with Crippen LogP contribution in [0.1, 0.15) is 47.1 Å². The third-order valence-corrected chi connectivity index (χ3v) is 3.80. The Hall–Kier alpha value is -2.65. The minimum atomic E-state index is -1.29. The second-order valence-corrected chi connectivity index (χ2v) is 9.00. The van der Waals surface area contributed by atoms with Crippen LogP contribution in [0.3, 0.4) is 0 Å². The molecule has 0 saturated heterocycles. The summed E-state index contributed by atoms with van der Waals surface area (Å²) >= 11 is 0. The molecule has 0 radical (unpaired) electrons. The van der Waals surface area contributed by atoms with E-state index < -0.39 is 41.3 Å². The Bertz CT molecular complexity index is 724. The molecule has 174 valence electrons. The van der Waals surface area contributed by atoms with Gasteiger partial charge in [-0.15, -0.1) is 0 Å². The molecule has 1 aromatic rings. The molecule has 9 heteroatoms. The van der Waals surface area contributed by atoms with Crippen molar-refractivity contribution in [3.05, 3.63) is 35.9 Å². The number of ether oxygens (including phenoxy) is 3. The quantitative estimate of drug-likeness (QED) is 0.513. The van der Waals surface area contributed by atoms with Gasteiger partial charge in [0.25, 0.3) is 0 Å². The van der Waals surface area contributed by atoms with Gasteiger partial charge in [0.2, 0.25) is 5.91 Å². The number of hydrogen-bond donors (Lipinski definition) is 3. The summed E-state index contributed by atoms with van der Waals surface area (Å²) < 4.78 is 16.3. The summed E-state index contributed by atoms with van der Waals surface area (Å²) in [6, 6.07) is 6.63. The SMILES string of the molecule is CC(C)(C)OC[C@H](NC(=O)[C@@H](COC(C)(C)C)NC(=O)OCc1ccccc1)C(=O)O. The number of rotatable bonds is 10. The van der Waals surface area contributed by atoms with Crippen molar-refractivity contribution in [1.82, 2.24) is 10.6 Å². The van der Waals surface area contributed by atoms with Gasteiger partial charge < -0.3 is 30.0 Å². The first-order valence-electron chi connectivity index (χ1n) is 10.0. The van der Waals surface area contributed by atoms with Gasteiger partial charge in [0.05, 0.1) is 24.4 Å². The second-order valence-electron chi connectivity index (χ2n) is 9.00. The predicted molar refractivity (Wildman–Crippen MR) is 115 cm³/mol. The zero-order valence-electron chi connectivity index (χ0n) is 19.1. The van der Waals surface area contributed by atoms with E-state index >= 15 is 0 Å². The maximum absolute atomic E-state index is 12.7. The minimum Gasteiger partial charge on any atom is -0.480 e. The summed E-state index contributed by atoms with van der Waals surface area (Å²) in [5, 5.41) is 14.2. The molecule has 0 aliphatic heterocycles. The summed E-state index contributed by atoms with van der Waals surface area (Å²) in [6.07, 6.45) is -0.820. The molecule has 0 aliphatic rings. The van der Waals surface area contributed by atoms with Crippen molar-refractivity contribution in [2.45, 2.75) is 71.4 Å². The van der Waals surface area contributed by atoms with Gasteiger partial charge in [-0.2, -0.15) is 0 Å². The van der Waals surface area contributed by atoms with Gasteiger partial charge in [-0.25, -0.2) is 9.59 Å². The van der Waals surface area contributed by atoms with Crippen LogP contribution in [0.2, 0.25) is 0 Å². The number of carbonyl (C=O) groups is 3. The number of carboxylic acid groups (broad SMARTS) is 1. The van der Waals surface area contributed by atoms with Gasteiger partial charge in [0.1, 0.15) is 12.6 Å². The monoisotopic (exact) mass is 438 g/mol. The van der Waals surface area contributed by atoms with Crippen LogP contribution in [-0.4, -0.2) is 59.6 Å². The van der Waals surface area contributed by atoms with Gasteiger partial charge in [0.15, 0.2) is 6.04 Å². The molecule has 0 heterocycles. The van der Waals surface area contributed by atoms with Gasteiger partial charge >= 0.3 is 12.1 Å². The van der Waals surface area contributed by atoms with E-state index in [0.717, 1.165) is 5.56 Å². The number of alkyl carbamates (subject to hydrolysis) is 1. The van der Waals surface area contributed by atoms with Gasteiger partial charge in [-0.1, -0.05) is 30.3 Å². The lowest BCUT2D eigenvalue weighted by atomic mass is 10.1. The molecule has 0 aliphatic carbocycles. The number of nitrogens with one attached hydrogen (secondary N) is 2. The van der Waals surface area contributed by atoms with Crippen LogP contribution in [0.4, 0.5) is 4.79 Å². The van der Waals surface area contributed by atoms with Crippen LogP contribution in [0.5, 0.6) is 0 Å². The fraction of sp³-hybridized carbons (Fsp3) is 0.591. The molecule has 9 nitrogen and oxygen atoms in total. The van der Waals surface area contributed by atoms with Crippen LogP contribution >= 0.6 is 0 Å². The van der Waals surface area contributed by atoms with E-state index in [2.05, 4.69) is 10.6 Å². The summed E-state index contributed by atoms with van der Waals surface area (Å²) in [5.74, 6) is -1.97. The van der Waals surface area contributed by atoms with E-state index in [1.54, 1.807) is 53.7 Å². The molecule has 2 atom stereocenters. The van der Waals surface area contributed by atoms with E-state index in [1.807, 2.05) is 18.2 Å². The maximum atomic E-state index is 12.7. The van der Waals surface area contributed by atoms with Crippen LogP contribution < -0.4 is 10.6 Å². The molecule has 0 unspecified atom stereocenters. The second kappa shape index (κ2) is 11.7. The lowest BCUT2D eigenvalue weighted by molar-refractivity contribution is -0.146. The maximum Gasteiger partial charge on any atom is 0.408 e. The number of carbonyl (C=O) groups excluding carboxylic acids is 2. The zero-order chi connectivity index (χ0) is 23.7. The molecule has 1 rings (SSSR count). The normalized spacial score (nSPS) is 13.7. The highest BCUT2D eigenvalue weighted by molar-refractivity contribution is 5.89. The first kappa shape index (κ1) is 26.4. The topological polar surface area (TPSA) is 123 Å². The number of aliphatic carboxylic acids is 1. The fourth-order valence-corrected chi connectivity index (χ4v) is 2.20. The Balaban J connectivity index is 2.78. The van der Waals surface area contributed by atoms with Crippen molar-refractivity contribution in [2.75, 3.05) is 13.2 Å². The van der Waals surface area contributed by atoms with E-state index in [0.29, 0.717) is 0 Å². The Labute approximate surface area is 183 Å². The highest BCUT2D eigenvalue weighted by Gasteiger charge is 2.29. The Kier molecular flexibility index (Phi) is 9.93. The Morgan fingerprint density at radius 2 is 1.39 bits per heavy atom. The molecule has 3 N–H and O–H groups in total. The van der Waals surface area contributed by atoms with Crippen LogP contribution in [0, 0.1) is 0 Å². The highest BCUT2D eigenvalue weighted by Crippen LogP contribution is 2.09. The Morgan fingerprint density at radius 1 is 0.871 bits per heavy atom. The van der Waals surface area contributed by atoms with E-state index in [9.17, 15) is 19.5 Å². The third-order valence-electron chi connectivity index (χ3n) is 3.80. The first-order chi connectivity index (χ1) is 14.3. The molecule has 0 spiro atoms. The third kappa shape index (κ3) is 12.0. The minimum absolute atomic E-state index is 0.0261. The number of amides is 2. The first-order valence-corrected chi connectivity index (χ1v) is 10.0. The number of carboxylic acids is 1. The van der Waals surface area contributed by atoms with E-state index in [-0.39, 0.29) is 19.8 Å². The van der Waals surface area contributed by atoms with Gasteiger partial charge in [-0.3, -0.25) is 4.79 Å². The van der Waals surface area contributed by atoms with Crippen molar-refractivity contribution in [3.63, 3.8) is 0 Å². The smallest absolute Gasteiger partial charge is 0.408 e. The van der Waals surface area contributed by atoms with Crippen molar-refractivity contribution in [1.29, 1.82) is 0 Å². The average Bonchev–Trinajstić information content (AvgIpc) is 2.65. The predicted octanol–water partition coefficient (Wildman–Crippen LogP) is 2.48. The molecule has 2 amide bonds. The summed E-state index contributed by atoms with van der Waals surface area (Å²) in [7, 11) is 0. The van der Waals surface area contributed by atoms with Gasteiger partial charge in [0, 0.05) is 0 Å². The van der Waals surface area contributed by atoms with Crippen molar-refractivity contribution >= 4 is 18.0 Å². The molecule has 0 saturated carbocycles. The largest absolute Gasteiger partial charge is 0.480 e. The van der Waals surface area contributed by atoms with Crippen LogP contribution in [-0.2, 0) is 30.4 Å². The highest BCUT2D eigenvalue weighted by atomic mass is 16.5. The molecule has 31 heavy (non-hydrogen) atoms. The number of hydrogen-bond acceptors (Lipinski definition) is 6. The van der Waals surface area contributed by atoms with Crippen LogP contribution in [0.15, 0.2) is 30.3 Å². The van der Waals surface area contributed by atoms with Crippen molar-refractivity contribution in [3.8, 4) is 0 Å². The molecular weight excluding hydrogens is 404 g/mol. The summed E-state index contributed by atoms with van der Waals surface area (Å²) in [5.41, 5.74) is -0.364. The van der Waals surface area contributed by atoms with Gasteiger partial charge in [-0.05, 0) is 47.1 Å². The Morgan fingerprint density at radius 3 is 1.87 bits per heavy atom. The van der Waals surface area contributed by atoms with E-state index in [4.69, 9.17) is 14.2 Å². The molecular formula is C22H34N2O7. The van der Waals surface area contributed by atoms with Crippen molar-refractivity contribution in [2.24, 2.45) is 0 Å². The molecule has 0 bridgehead atoms. The summed E-state index contributed by atoms with van der Waals surface area (Å²) in [6.45, 7) is 10.4. The standard InChI is InChI=1S/C22H34N2O7/c1-21(2,3)30-13-16(24-20(28)29-12-15-10-8-7-9-11-15)18(25)23-17(19(26)27)14-31-22(4,5)6/h7-11,16-17H,12-14H2,1-6H3,(H,23,25)(H,24,28)(H,26,27)/t16-,17+/m1/s1. The lowest BCUT2D eigenvalue weighted by Gasteiger charge is -2.27. The van der Waals surface area contributed by atoms with Crippen LogP contribution in [0.25, 0.3) is 0 Å². The average molecular weight is 439 g/mol. The number of benzene rings is 1.